The lowest BCUT2D eigenvalue weighted by atomic mass is 10.1. The van der Waals surface area contributed by atoms with Crippen LogP contribution in [0.1, 0.15) is 40.6 Å². The minimum absolute atomic E-state index is 0.0127. The fraction of sp³-hybridized carbons (Fsp3) is 0.261. The van der Waals surface area contributed by atoms with E-state index >= 15 is 0 Å². The van der Waals surface area contributed by atoms with Crippen molar-refractivity contribution in [2.45, 2.75) is 33.1 Å². The van der Waals surface area contributed by atoms with Crippen molar-refractivity contribution in [1.82, 2.24) is 4.98 Å². The Morgan fingerprint density at radius 1 is 1.23 bits per heavy atom. The Bertz CT molecular complexity index is 1130. The molecule has 0 bridgehead atoms. The minimum Gasteiger partial charge on any atom is -0.312 e. The second kappa shape index (κ2) is 8.36. The van der Waals surface area contributed by atoms with Gasteiger partial charge in [0, 0.05) is 29.1 Å². The smallest absolute Gasteiger partial charge is 0.260 e. The molecule has 0 radical (unpaired) electrons. The Hall–Kier alpha value is -3.06. The zero-order valence-corrected chi connectivity index (χ0v) is 17.7. The van der Waals surface area contributed by atoms with Crippen molar-refractivity contribution in [2.75, 3.05) is 16.8 Å². The highest BCUT2D eigenvalue weighted by Gasteiger charge is 2.25. The van der Waals surface area contributed by atoms with Crippen molar-refractivity contribution in [3.05, 3.63) is 64.3 Å². The van der Waals surface area contributed by atoms with Gasteiger partial charge in [0.25, 0.3) is 5.91 Å². The molecule has 0 unspecified atom stereocenters. The van der Waals surface area contributed by atoms with E-state index in [1.165, 1.54) is 23.5 Å². The molecule has 0 saturated carbocycles. The molecule has 2 heterocycles. The van der Waals surface area contributed by atoms with Crippen LogP contribution in [-0.4, -0.2) is 23.3 Å². The molecular formula is C23H22FN3O2S. The lowest BCUT2D eigenvalue weighted by Crippen LogP contribution is -2.28. The van der Waals surface area contributed by atoms with Gasteiger partial charge in [0.1, 0.15) is 5.82 Å². The van der Waals surface area contributed by atoms with E-state index in [0.29, 0.717) is 18.1 Å². The number of carbonyl (C=O) groups excluding carboxylic acids is 2. The second-order valence-electron chi connectivity index (χ2n) is 7.25. The maximum absolute atomic E-state index is 13.9. The summed E-state index contributed by atoms with van der Waals surface area (Å²) in [4.78, 5) is 32.1. The maximum Gasteiger partial charge on any atom is 0.260 e. The van der Waals surface area contributed by atoms with E-state index in [-0.39, 0.29) is 11.5 Å². The number of anilines is 2. The third-order valence-electron chi connectivity index (χ3n) is 5.15. The van der Waals surface area contributed by atoms with Gasteiger partial charge in [-0.25, -0.2) is 9.37 Å². The Labute approximate surface area is 178 Å². The molecule has 0 atom stereocenters. The van der Waals surface area contributed by atoms with E-state index < -0.39 is 11.7 Å². The average molecular weight is 424 g/mol. The van der Waals surface area contributed by atoms with Crippen molar-refractivity contribution in [1.29, 1.82) is 0 Å². The molecule has 4 rings (SSSR count). The number of carbonyl (C=O) groups is 2. The van der Waals surface area contributed by atoms with Gasteiger partial charge in [0.2, 0.25) is 5.91 Å². The standard InChI is InChI=1S/C23H22FN3O2S/c1-3-6-20(28)27-12-11-15-13-16(9-10-19(15)27)21-14(2)30-23(25-21)26-22(29)17-7-4-5-8-18(17)24/h4-5,7-10,13H,3,6,11-12H2,1-2H3,(H,25,26,29). The number of aryl methyl sites for hydroxylation is 1. The molecule has 2 aromatic carbocycles. The molecule has 3 aromatic rings. The third kappa shape index (κ3) is 3.85. The molecule has 30 heavy (non-hydrogen) atoms. The lowest BCUT2D eigenvalue weighted by Gasteiger charge is -2.17. The summed E-state index contributed by atoms with van der Waals surface area (Å²) in [6.45, 7) is 4.65. The van der Waals surface area contributed by atoms with E-state index in [9.17, 15) is 14.0 Å². The van der Waals surface area contributed by atoms with Gasteiger partial charge in [-0.1, -0.05) is 25.1 Å². The van der Waals surface area contributed by atoms with Gasteiger partial charge in [-0.3, -0.25) is 14.9 Å². The highest BCUT2D eigenvalue weighted by Crippen LogP contribution is 2.36. The summed E-state index contributed by atoms with van der Waals surface area (Å²) in [5, 5.41) is 3.12. The molecule has 0 saturated heterocycles. The van der Waals surface area contributed by atoms with Gasteiger partial charge in [0.15, 0.2) is 5.13 Å². The summed E-state index contributed by atoms with van der Waals surface area (Å²) in [7, 11) is 0. The first-order chi connectivity index (χ1) is 14.5. The lowest BCUT2D eigenvalue weighted by molar-refractivity contribution is -0.118. The van der Waals surface area contributed by atoms with Crippen molar-refractivity contribution >= 4 is 34.0 Å². The molecule has 1 aromatic heterocycles. The van der Waals surface area contributed by atoms with Crippen LogP contribution in [0.25, 0.3) is 11.3 Å². The molecule has 5 nitrogen and oxygen atoms in total. The van der Waals surface area contributed by atoms with Crippen LogP contribution in [0.4, 0.5) is 15.2 Å². The van der Waals surface area contributed by atoms with E-state index in [0.717, 1.165) is 40.2 Å². The van der Waals surface area contributed by atoms with Gasteiger partial charge in [-0.2, -0.15) is 0 Å². The summed E-state index contributed by atoms with van der Waals surface area (Å²) in [5.41, 5.74) is 3.81. The SMILES string of the molecule is CCCC(=O)N1CCc2cc(-c3nc(NC(=O)c4ccccc4F)sc3C)ccc21. The number of hydrogen-bond acceptors (Lipinski definition) is 4. The Kier molecular flexibility index (Phi) is 5.63. The molecule has 0 aliphatic carbocycles. The molecule has 0 fully saturated rings. The zero-order valence-electron chi connectivity index (χ0n) is 16.9. The first-order valence-corrected chi connectivity index (χ1v) is 10.8. The molecule has 0 spiro atoms. The predicted octanol–water partition coefficient (Wildman–Crippen LogP) is 5.20. The zero-order chi connectivity index (χ0) is 21.3. The molecule has 154 valence electrons. The largest absolute Gasteiger partial charge is 0.312 e. The van der Waals surface area contributed by atoms with Crippen molar-refractivity contribution in [3.63, 3.8) is 0 Å². The number of rotatable bonds is 5. The van der Waals surface area contributed by atoms with Crippen molar-refractivity contribution in [3.8, 4) is 11.3 Å². The number of halogens is 1. The fourth-order valence-electron chi connectivity index (χ4n) is 3.68. The van der Waals surface area contributed by atoms with Crippen LogP contribution in [0.3, 0.4) is 0 Å². The van der Waals surface area contributed by atoms with E-state index in [1.807, 2.05) is 30.9 Å². The topological polar surface area (TPSA) is 62.3 Å². The van der Waals surface area contributed by atoms with Gasteiger partial charge < -0.3 is 4.90 Å². The average Bonchev–Trinajstić information content (AvgIpc) is 3.31. The molecule has 1 aliphatic heterocycles. The quantitative estimate of drug-likeness (QED) is 0.614. The van der Waals surface area contributed by atoms with E-state index in [4.69, 9.17) is 0 Å². The molecule has 1 N–H and O–H groups in total. The van der Waals surface area contributed by atoms with Crippen LogP contribution in [-0.2, 0) is 11.2 Å². The monoisotopic (exact) mass is 423 g/mol. The summed E-state index contributed by atoms with van der Waals surface area (Å²) < 4.78 is 13.9. The number of benzene rings is 2. The Morgan fingerprint density at radius 3 is 2.80 bits per heavy atom. The van der Waals surface area contributed by atoms with E-state index in [1.54, 1.807) is 12.1 Å². The maximum atomic E-state index is 13.9. The van der Waals surface area contributed by atoms with E-state index in [2.05, 4.69) is 16.4 Å². The normalized spacial score (nSPS) is 12.7. The van der Waals surface area contributed by atoms with Gasteiger partial charge in [-0.15, -0.1) is 11.3 Å². The van der Waals surface area contributed by atoms with Crippen LogP contribution in [0.15, 0.2) is 42.5 Å². The highest BCUT2D eigenvalue weighted by molar-refractivity contribution is 7.16. The van der Waals surface area contributed by atoms with Crippen molar-refractivity contribution in [2.24, 2.45) is 0 Å². The molecule has 1 aliphatic rings. The number of aromatic nitrogens is 1. The summed E-state index contributed by atoms with van der Waals surface area (Å²) in [6, 6.07) is 11.9. The molecule has 2 amide bonds. The van der Waals surface area contributed by atoms with Gasteiger partial charge >= 0.3 is 0 Å². The number of nitrogens with zero attached hydrogens (tertiary/aromatic N) is 2. The van der Waals surface area contributed by atoms with Crippen molar-refractivity contribution < 1.29 is 14.0 Å². The summed E-state index contributed by atoms with van der Waals surface area (Å²) >= 11 is 1.35. The van der Waals surface area contributed by atoms with Crippen LogP contribution in [0.5, 0.6) is 0 Å². The summed E-state index contributed by atoms with van der Waals surface area (Å²) in [6.07, 6.45) is 2.21. The third-order valence-corrected chi connectivity index (χ3v) is 6.04. The number of hydrogen-bond donors (Lipinski definition) is 1. The molecule has 7 heteroatoms. The predicted molar refractivity (Wildman–Crippen MR) is 118 cm³/mol. The van der Waals surface area contributed by atoms with Crippen LogP contribution >= 0.6 is 11.3 Å². The van der Waals surface area contributed by atoms with Crippen LogP contribution in [0, 0.1) is 12.7 Å². The highest BCUT2D eigenvalue weighted by atomic mass is 32.1. The van der Waals surface area contributed by atoms with Crippen LogP contribution < -0.4 is 10.2 Å². The second-order valence-corrected chi connectivity index (χ2v) is 8.45. The Balaban J connectivity index is 1.56. The van der Waals surface area contributed by atoms with Crippen LogP contribution in [0.2, 0.25) is 0 Å². The first-order valence-electron chi connectivity index (χ1n) is 9.95. The number of thiazole rings is 1. The van der Waals surface area contributed by atoms with Gasteiger partial charge in [0.05, 0.1) is 11.3 Å². The fourth-order valence-corrected chi connectivity index (χ4v) is 4.52. The number of amides is 2. The number of nitrogens with one attached hydrogen (secondary N) is 1. The summed E-state index contributed by atoms with van der Waals surface area (Å²) in [5.74, 6) is -0.927. The molecular weight excluding hydrogens is 401 g/mol. The minimum atomic E-state index is -0.565. The Morgan fingerprint density at radius 2 is 2.03 bits per heavy atom. The van der Waals surface area contributed by atoms with Gasteiger partial charge in [-0.05, 0) is 49.6 Å². The first kappa shape index (κ1) is 20.2. The number of fused-ring (bicyclic) bond motifs is 1.